The molecule has 0 N–H and O–H groups in total. The predicted octanol–water partition coefficient (Wildman–Crippen LogP) is 0.947. The van der Waals surface area contributed by atoms with Crippen molar-refractivity contribution in [3.8, 4) is 0 Å². The van der Waals surface area contributed by atoms with Crippen LogP contribution in [-0.2, 0) is 17.1 Å². The molecule has 0 spiro atoms. The number of rotatable bonds is 4. The van der Waals surface area contributed by atoms with Crippen LogP contribution in [0.2, 0.25) is 5.02 Å². The van der Waals surface area contributed by atoms with Crippen LogP contribution < -0.4 is 24.8 Å². The molecule has 0 aliphatic carbocycles. The number of nitrogens with zero attached hydrogens (tertiary/aromatic N) is 3. The van der Waals surface area contributed by atoms with Crippen LogP contribution in [0.3, 0.4) is 0 Å². The van der Waals surface area contributed by atoms with Crippen LogP contribution in [0, 0.1) is 20.8 Å². The number of hydrogen-bond acceptors (Lipinski definition) is 3. The second-order valence-corrected chi connectivity index (χ2v) is 7.36. The zero-order valence-corrected chi connectivity index (χ0v) is 21.4. The SMILES string of the molecule is C/C(=N\c1c(C)cccc1C)c1cccc(/C(C)=N/c2c(C)cccc2Cl)n1.[Cl-].[Cl-].[Fe+2]. The first kappa shape index (κ1) is 29.3. The summed E-state index contributed by atoms with van der Waals surface area (Å²) in [5.41, 5.74) is 8.48. The molecule has 31 heavy (non-hydrogen) atoms. The molecule has 0 aliphatic heterocycles. The Labute approximate surface area is 212 Å². The zero-order valence-electron chi connectivity index (χ0n) is 18.0. The molecule has 0 atom stereocenters. The van der Waals surface area contributed by atoms with Gasteiger partial charge in [0.1, 0.15) is 0 Å². The van der Waals surface area contributed by atoms with Gasteiger partial charge < -0.3 is 24.8 Å². The van der Waals surface area contributed by atoms with Gasteiger partial charge >= 0.3 is 17.1 Å². The molecule has 1 aromatic heterocycles. The third-order valence-electron chi connectivity index (χ3n) is 4.68. The Kier molecular flexibility index (Phi) is 12.3. The summed E-state index contributed by atoms with van der Waals surface area (Å²) in [6.45, 7) is 10.1. The van der Waals surface area contributed by atoms with Gasteiger partial charge in [-0.3, -0.25) is 4.99 Å². The molecule has 3 aromatic rings. The van der Waals surface area contributed by atoms with E-state index in [0.29, 0.717) is 5.02 Å². The number of aliphatic imine (C=N–C) groups is 2. The maximum atomic E-state index is 6.32. The molecule has 7 heteroatoms. The van der Waals surface area contributed by atoms with E-state index >= 15 is 0 Å². The molecule has 164 valence electrons. The molecule has 0 saturated carbocycles. The van der Waals surface area contributed by atoms with Crippen molar-refractivity contribution in [2.45, 2.75) is 34.6 Å². The summed E-state index contributed by atoms with van der Waals surface area (Å²) < 4.78 is 0. The van der Waals surface area contributed by atoms with E-state index in [2.05, 4.69) is 32.0 Å². The van der Waals surface area contributed by atoms with Crippen LogP contribution in [-0.4, -0.2) is 16.4 Å². The standard InChI is InChI=1S/C24H24ClN3.2ClH.Fe/c1-15-9-6-10-16(2)23(15)26-18(4)21-13-8-14-22(28-21)19(5)27-24-17(3)11-7-12-20(24)25;;;/h6-14H,1-5H3;2*1H;/q;;;+2/p-2/b26-18+,27-19+;;;. The number of benzene rings is 2. The summed E-state index contributed by atoms with van der Waals surface area (Å²) >= 11 is 6.32. The molecule has 2 aromatic carbocycles. The van der Waals surface area contributed by atoms with Crippen molar-refractivity contribution in [3.05, 3.63) is 87.7 Å². The van der Waals surface area contributed by atoms with E-state index < -0.39 is 0 Å². The predicted molar refractivity (Wildman–Crippen MR) is 120 cm³/mol. The summed E-state index contributed by atoms with van der Waals surface area (Å²) in [4.78, 5) is 14.3. The maximum Gasteiger partial charge on any atom is 2.00 e. The Balaban J connectivity index is 0.00000300. The summed E-state index contributed by atoms with van der Waals surface area (Å²) in [6, 6.07) is 17.9. The first-order valence-electron chi connectivity index (χ1n) is 9.26. The first-order chi connectivity index (χ1) is 13.4. The van der Waals surface area contributed by atoms with E-state index in [1.807, 2.05) is 57.2 Å². The first-order valence-corrected chi connectivity index (χ1v) is 9.64. The molecule has 0 saturated heterocycles. The van der Waals surface area contributed by atoms with E-state index in [4.69, 9.17) is 26.6 Å². The molecule has 3 nitrogen and oxygen atoms in total. The van der Waals surface area contributed by atoms with Gasteiger partial charge in [0.25, 0.3) is 0 Å². The second kappa shape index (κ2) is 13.0. The van der Waals surface area contributed by atoms with E-state index in [-0.39, 0.29) is 41.9 Å². The smallest absolute Gasteiger partial charge is 1.00 e. The normalized spacial score (nSPS) is 11.2. The fraction of sp³-hybridized carbons (Fsp3) is 0.208. The Morgan fingerprint density at radius 2 is 1.06 bits per heavy atom. The Morgan fingerprint density at radius 3 is 1.55 bits per heavy atom. The Hall–Kier alpha value is -1.68. The van der Waals surface area contributed by atoms with Crippen LogP contribution in [0.1, 0.15) is 41.9 Å². The summed E-state index contributed by atoms with van der Waals surface area (Å²) in [7, 11) is 0. The van der Waals surface area contributed by atoms with Gasteiger partial charge in [0.2, 0.25) is 0 Å². The van der Waals surface area contributed by atoms with E-state index in [1.165, 1.54) is 0 Å². The molecule has 3 rings (SSSR count). The molecular weight excluding hydrogens is 492 g/mol. The number of hydrogen-bond donors (Lipinski definition) is 0. The number of para-hydroxylation sites is 2. The number of aryl methyl sites for hydroxylation is 3. The van der Waals surface area contributed by atoms with Crippen molar-refractivity contribution in [1.82, 2.24) is 4.98 Å². The van der Waals surface area contributed by atoms with Gasteiger partial charge in [-0.05, 0) is 69.5 Å². The molecular formula is C24H24Cl3FeN3. The van der Waals surface area contributed by atoms with Crippen molar-refractivity contribution in [2.75, 3.05) is 0 Å². The average Bonchev–Trinajstić information content (AvgIpc) is 2.67. The maximum absolute atomic E-state index is 6.32. The van der Waals surface area contributed by atoms with Gasteiger partial charge in [-0.15, -0.1) is 0 Å². The molecule has 1 heterocycles. The molecule has 0 aliphatic rings. The Morgan fingerprint density at radius 1 is 0.677 bits per heavy atom. The summed E-state index contributed by atoms with van der Waals surface area (Å²) in [6.07, 6.45) is 0. The van der Waals surface area contributed by atoms with Gasteiger partial charge in [0.15, 0.2) is 0 Å². The topological polar surface area (TPSA) is 37.6 Å². The van der Waals surface area contributed by atoms with Crippen LogP contribution >= 0.6 is 11.6 Å². The van der Waals surface area contributed by atoms with E-state index in [0.717, 1.165) is 50.9 Å². The van der Waals surface area contributed by atoms with Gasteiger partial charge in [-0.25, -0.2) is 9.98 Å². The molecule has 0 unspecified atom stereocenters. The molecule has 0 amide bonds. The Bertz CT molecular complexity index is 972. The monoisotopic (exact) mass is 515 g/mol. The minimum atomic E-state index is 0. The minimum absolute atomic E-state index is 0. The van der Waals surface area contributed by atoms with E-state index in [9.17, 15) is 0 Å². The summed E-state index contributed by atoms with van der Waals surface area (Å²) in [5, 5.41) is 0.642. The molecule has 0 radical (unpaired) electrons. The van der Waals surface area contributed by atoms with Gasteiger partial charge in [-0.1, -0.05) is 48.0 Å². The zero-order chi connectivity index (χ0) is 20.3. The largest absolute Gasteiger partial charge is 2.00 e. The number of halogens is 3. The van der Waals surface area contributed by atoms with Crippen molar-refractivity contribution in [1.29, 1.82) is 0 Å². The second-order valence-electron chi connectivity index (χ2n) is 6.95. The molecule has 0 fully saturated rings. The number of pyridine rings is 1. The fourth-order valence-electron chi connectivity index (χ4n) is 3.03. The fourth-order valence-corrected chi connectivity index (χ4v) is 3.30. The van der Waals surface area contributed by atoms with Crippen molar-refractivity contribution in [2.24, 2.45) is 9.98 Å². The van der Waals surface area contributed by atoms with Gasteiger partial charge in [0.05, 0.1) is 39.2 Å². The van der Waals surface area contributed by atoms with E-state index in [1.54, 1.807) is 0 Å². The van der Waals surface area contributed by atoms with Crippen LogP contribution in [0.15, 0.2) is 64.6 Å². The third kappa shape index (κ3) is 7.17. The van der Waals surface area contributed by atoms with Crippen molar-refractivity contribution < 1.29 is 41.9 Å². The molecule has 0 bridgehead atoms. The van der Waals surface area contributed by atoms with Crippen LogP contribution in [0.5, 0.6) is 0 Å². The van der Waals surface area contributed by atoms with Crippen molar-refractivity contribution >= 4 is 34.4 Å². The number of aromatic nitrogens is 1. The minimum Gasteiger partial charge on any atom is -1.00 e. The van der Waals surface area contributed by atoms with Crippen LogP contribution in [0.4, 0.5) is 11.4 Å². The summed E-state index contributed by atoms with van der Waals surface area (Å²) in [5.74, 6) is 0. The van der Waals surface area contributed by atoms with Gasteiger partial charge in [-0.2, -0.15) is 0 Å². The average molecular weight is 517 g/mol. The van der Waals surface area contributed by atoms with Crippen molar-refractivity contribution in [3.63, 3.8) is 0 Å². The van der Waals surface area contributed by atoms with Crippen LogP contribution in [0.25, 0.3) is 0 Å². The van der Waals surface area contributed by atoms with Gasteiger partial charge in [0, 0.05) is 0 Å². The quantitative estimate of drug-likeness (QED) is 0.376. The third-order valence-corrected chi connectivity index (χ3v) is 4.98.